The van der Waals surface area contributed by atoms with Crippen molar-refractivity contribution in [1.82, 2.24) is 10.2 Å². The number of carbonyl (C=O) groups is 2. The minimum absolute atomic E-state index is 0.0669. The number of aliphatic hydroxyl groups excluding tert-OH is 1. The molecule has 7 nitrogen and oxygen atoms in total. The monoisotopic (exact) mass is 534 g/mol. The van der Waals surface area contributed by atoms with Gasteiger partial charge in [-0.25, -0.2) is 8.78 Å². The third kappa shape index (κ3) is 7.25. The number of allylic oxidation sites excluding steroid dienone is 3. The van der Waals surface area contributed by atoms with Gasteiger partial charge in [0.05, 0.1) is 23.6 Å². The van der Waals surface area contributed by atoms with Crippen LogP contribution in [-0.2, 0) is 4.79 Å². The molecular weight excluding hydrogens is 498 g/mol. The molecule has 2 aliphatic carbocycles. The van der Waals surface area contributed by atoms with Crippen LogP contribution in [0.2, 0.25) is 0 Å². The Morgan fingerprint density at radius 1 is 1.24 bits per heavy atom. The van der Waals surface area contributed by atoms with Crippen LogP contribution < -0.4 is 14.9 Å². The van der Waals surface area contributed by atoms with Crippen molar-refractivity contribution in [2.75, 3.05) is 42.1 Å². The average molecular weight is 535 g/mol. The molecule has 1 heterocycles. The maximum atomic E-state index is 13.5. The summed E-state index contributed by atoms with van der Waals surface area (Å²) in [6.45, 7) is 1.82. The van der Waals surface area contributed by atoms with E-state index in [0.717, 1.165) is 37.3 Å². The summed E-state index contributed by atoms with van der Waals surface area (Å²) in [7, 11) is 1.74. The Balaban J connectivity index is 1.45. The summed E-state index contributed by atoms with van der Waals surface area (Å²) in [6, 6.07) is 5.26. The molecule has 1 unspecified atom stereocenters. The predicted molar refractivity (Wildman–Crippen MR) is 144 cm³/mol. The number of carbonyl (C=O) groups excluding carboxylic acids is 2. The lowest BCUT2D eigenvalue weighted by Crippen LogP contribution is -2.36. The van der Waals surface area contributed by atoms with Crippen molar-refractivity contribution in [2.45, 2.75) is 56.9 Å². The number of hydrogen-bond donors (Lipinski definition) is 3. The van der Waals surface area contributed by atoms with Gasteiger partial charge in [-0.05, 0) is 74.1 Å². The molecule has 4 rings (SSSR count). The van der Waals surface area contributed by atoms with Crippen LogP contribution in [0.5, 0.6) is 0 Å². The van der Waals surface area contributed by atoms with Crippen molar-refractivity contribution in [3.8, 4) is 0 Å². The van der Waals surface area contributed by atoms with Crippen molar-refractivity contribution in [2.24, 2.45) is 5.41 Å². The van der Waals surface area contributed by atoms with Crippen molar-refractivity contribution in [3.05, 3.63) is 47.8 Å². The highest BCUT2D eigenvalue weighted by atomic mass is 32.2. The van der Waals surface area contributed by atoms with E-state index in [9.17, 15) is 18.4 Å². The second kappa shape index (κ2) is 11.9. The average Bonchev–Trinajstić information content (AvgIpc) is 3.53. The highest BCUT2D eigenvalue weighted by Crippen LogP contribution is 2.54. The maximum absolute atomic E-state index is 13.5. The molecule has 1 aliphatic heterocycles. The van der Waals surface area contributed by atoms with Crippen LogP contribution in [0.15, 0.2) is 42.2 Å². The molecule has 3 fully saturated rings. The summed E-state index contributed by atoms with van der Waals surface area (Å²) in [5.74, 6) is -2.46. The molecule has 1 aromatic rings. The SMILES string of the molecule is CN(/C=C\C=C(/C=O)NC(=O)c1ccc(NSCCO)cc1N1CCC2(CC1)CC2)C1CCC(F)(F)C1. The third-order valence-corrected chi connectivity index (χ3v) is 8.45. The fraction of sp³-hybridized carbons (Fsp3) is 0.556. The van der Waals surface area contributed by atoms with Crippen molar-refractivity contribution in [3.63, 3.8) is 0 Å². The minimum Gasteiger partial charge on any atom is -0.395 e. The van der Waals surface area contributed by atoms with Gasteiger partial charge in [-0.2, -0.15) is 0 Å². The van der Waals surface area contributed by atoms with Gasteiger partial charge in [0.2, 0.25) is 5.92 Å². The molecule has 3 aliphatic rings. The zero-order valence-electron chi connectivity index (χ0n) is 21.2. The van der Waals surface area contributed by atoms with Crippen LogP contribution >= 0.6 is 11.9 Å². The number of piperidine rings is 1. The zero-order chi connectivity index (χ0) is 26.5. The van der Waals surface area contributed by atoms with Crippen molar-refractivity contribution >= 4 is 35.5 Å². The van der Waals surface area contributed by atoms with Gasteiger partial charge in [-0.3, -0.25) is 9.59 Å². The Morgan fingerprint density at radius 2 is 2.00 bits per heavy atom. The van der Waals surface area contributed by atoms with Gasteiger partial charge >= 0.3 is 0 Å². The Hall–Kier alpha value is -2.59. The first-order valence-electron chi connectivity index (χ1n) is 12.9. The first-order valence-corrected chi connectivity index (χ1v) is 13.9. The predicted octanol–water partition coefficient (Wildman–Crippen LogP) is 4.57. The Morgan fingerprint density at radius 3 is 2.62 bits per heavy atom. The topological polar surface area (TPSA) is 84.9 Å². The Bertz CT molecular complexity index is 1030. The maximum Gasteiger partial charge on any atom is 0.257 e. The van der Waals surface area contributed by atoms with Gasteiger partial charge in [0.25, 0.3) is 5.91 Å². The molecule has 1 amide bonds. The lowest BCUT2D eigenvalue weighted by Gasteiger charge is -2.35. The van der Waals surface area contributed by atoms with E-state index in [2.05, 4.69) is 14.9 Å². The number of aliphatic hydroxyl groups is 1. The molecule has 1 atom stereocenters. The highest BCUT2D eigenvalue weighted by Gasteiger charge is 2.44. The van der Waals surface area contributed by atoms with E-state index in [1.807, 2.05) is 12.1 Å². The van der Waals surface area contributed by atoms with Gasteiger partial charge in [0, 0.05) is 50.5 Å². The molecule has 3 N–H and O–H groups in total. The second-order valence-electron chi connectivity index (χ2n) is 10.3. The first-order chi connectivity index (χ1) is 17.7. The smallest absolute Gasteiger partial charge is 0.257 e. The molecule has 2 saturated carbocycles. The van der Waals surface area contributed by atoms with E-state index in [0.29, 0.717) is 29.4 Å². The van der Waals surface area contributed by atoms with Crippen molar-refractivity contribution < 1.29 is 23.5 Å². The molecule has 1 aromatic carbocycles. The number of halogens is 2. The summed E-state index contributed by atoms with van der Waals surface area (Å²) in [5.41, 5.74) is 2.71. The summed E-state index contributed by atoms with van der Waals surface area (Å²) in [4.78, 5) is 28.9. The fourth-order valence-corrected chi connectivity index (χ4v) is 5.60. The zero-order valence-corrected chi connectivity index (χ0v) is 22.0. The molecule has 1 spiro atoms. The van der Waals surface area contributed by atoms with Crippen LogP contribution in [0.25, 0.3) is 0 Å². The molecule has 37 heavy (non-hydrogen) atoms. The number of hydrogen-bond acceptors (Lipinski definition) is 7. The van der Waals surface area contributed by atoms with Gasteiger partial charge in [0.1, 0.15) is 0 Å². The van der Waals surface area contributed by atoms with E-state index in [4.69, 9.17) is 5.11 Å². The van der Waals surface area contributed by atoms with Crippen LogP contribution in [0.4, 0.5) is 20.2 Å². The van der Waals surface area contributed by atoms with E-state index < -0.39 is 5.92 Å². The number of nitrogens with one attached hydrogen (secondary N) is 2. The second-order valence-corrected chi connectivity index (χ2v) is 11.2. The Kier molecular flexibility index (Phi) is 8.79. The van der Waals surface area contributed by atoms with Crippen LogP contribution in [0, 0.1) is 5.41 Å². The number of alkyl halides is 2. The summed E-state index contributed by atoms with van der Waals surface area (Å²) >= 11 is 1.39. The molecule has 0 radical (unpaired) electrons. The number of amides is 1. The number of anilines is 2. The van der Waals surface area contributed by atoms with Gasteiger partial charge < -0.3 is 24.9 Å². The number of benzene rings is 1. The van der Waals surface area contributed by atoms with E-state index >= 15 is 0 Å². The largest absolute Gasteiger partial charge is 0.395 e. The van der Waals surface area contributed by atoms with E-state index in [-0.39, 0.29) is 37.1 Å². The first kappa shape index (κ1) is 27.4. The van der Waals surface area contributed by atoms with Crippen LogP contribution in [-0.4, -0.2) is 66.7 Å². The fourth-order valence-electron chi connectivity index (χ4n) is 5.11. The number of nitrogens with zero attached hydrogens (tertiary/aromatic N) is 2. The van der Waals surface area contributed by atoms with E-state index in [1.165, 1.54) is 30.9 Å². The molecule has 1 saturated heterocycles. The molecular formula is C27H36F2N4O3S. The van der Waals surface area contributed by atoms with Crippen LogP contribution in [0.1, 0.15) is 55.3 Å². The highest BCUT2D eigenvalue weighted by molar-refractivity contribution is 8.00. The summed E-state index contributed by atoms with van der Waals surface area (Å²) in [6.07, 6.45) is 10.2. The lowest BCUT2D eigenvalue weighted by molar-refractivity contribution is -0.105. The molecule has 202 valence electrons. The third-order valence-electron chi connectivity index (χ3n) is 7.68. The van der Waals surface area contributed by atoms with E-state index in [1.54, 1.807) is 30.3 Å². The van der Waals surface area contributed by atoms with Crippen LogP contribution in [0.3, 0.4) is 0 Å². The summed E-state index contributed by atoms with van der Waals surface area (Å²) < 4.78 is 30.2. The van der Waals surface area contributed by atoms with Crippen molar-refractivity contribution in [1.29, 1.82) is 0 Å². The minimum atomic E-state index is -2.63. The number of aldehydes is 1. The molecule has 0 aromatic heterocycles. The van der Waals surface area contributed by atoms with Gasteiger partial charge in [-0.15, -0.1) is 0 Å². The number of rotatable bonds is 11. The standard InChI is InChI=1S/C27H36F2N4O3S/c1-32(22-6-7-27(28,29)18-22)12-2-3-21(19-35)30-25(36)23-5-4-20(31-37-16-15-34)17-24(23)33-13-10-26(8-9-26)11-14-33/h2-5,12,17,19,22,31,34H,6-11,13-16,18H2,1H3,(H,30,36)/b12-2-,21-3+. The summed E-state index contributed by atoms with van der Waals surface area (Å²) in [5, 5.41) is 11.8. The molecule has 10 heteroatoms. The molecule has 0 bridgehead atoms. The quantitative estimate of drug-likeness (QED) is 0.126. The normalized spacial score (nSPS) is 22.3. The lowest BCUT2D eigenvalue weighted by atomic mass is 9.93. The van der Waals surface area contributed by atoms with Gasteiger partial charge in [-0.1, -0.05) is 11.9 Å². The Labute approximate surface area is 221 Å². The van der Waals surface area contributed by atoms with Gasteiger partial charge in [0.15, 0.2) is 6.29 Å².